The lowest BCUT2D eigenvalue weighted by atomic mass is 9.95. The van der Waals surface area contributed by atoms with Gasteiger partial charge in [0.15, 0.2) is 0 Å². The highest BCUT2D eigenvalue weighted by molar-refractivity contribution is 5.76. The molecule has 5 nitrogen and oxygen atoms in total. The highest BCUT2D eigenvalue weighted by Crippen LogP contribution is 2.28. The summed E-state index contributed by atoms with van der Waals surface area (Å²) in [7, 11) is 1.57. The monoisotopic (exact) mass is 306 g/mol. The molecule has 1 aromatic rings. The Hall–Kier alpha value is -1.43. The Balaban J connectivity index is 2.00. The third-order valence-electron chi connectivity index (χ3n) is 4.08. The first-order valence-electron chi connectivity index (χ1n) is 7.84. The van der Waals surface area contributed by atoms with E-state index in [4.69, 9.17) is 15.2 Å². The van der Waals surface area contributed by atoms with E-state index in [0.717, 1.165) is 25.0 Å². The fourth-order valence-electron chi connectivity index (χ4n) is 2.75. The van der Waals surface area contributed by atoms with Crippen LogP contribution in [0.25, 0.3) is 0 Å². The molecule has 1 fully saturated rings. The average molecular weight is 306 g/mol. The number of carbonyl (C=O) groups excluding carboxylic acids is 1. The molecule has 0 aromatic heterocycles. The van der Waals surface area contributed by atoms with Gasteiger partial charge in [-0.2, -0.15) is 0 Å². The van der Waals surface area contributed by atoms with Crippen molar-refractivity contribution >= 4 is 5.91 Å². The molecule has 0 spiro atoms. The standard InChI is InChI=1S/C17H26N2O3/c1-12-5-7-13(8-6-12)17-15(4-3-9-22-17)19-16(20)10-14(11-18)21-2/h5-8,14-15,17H,3-4,9-11,18H2,1-2H3,(H,19,20)/t14-,15-,17+/m0/s1. The van der Waals surface area contributed by atoms with Gasteiger partial charge in [0.1, 0.15) is 6.10 Å². The Labute approximate surface area is 132 Å². The van der Waals surface area contributed by atoms with Crippen LogP contribution < -0.4 is 11.1 Å². The van der Waals surface area contributed by atoms with Crippen LogP contribution in [0.4, 0.5) is 0 Å². The van der Waals surface area contributed by atoms with Crippen molar-refractivity contribution in [3.63, 3.8) is 0 Å². The maximum atomic E-state index is 12.2. The zero-order chi connectivity index (χ0) is 15.9. The van der Waals surface area contributed by atoms with Gasteiger partial charge < -0.3 is 20.5 Å². The number of hydrogen-bond acceptors (Lipinski definition) is 4. The Morgan fingerprint density at radius 1 is 1.45 bits per heavy atom. The largest absolute Gasteiger partial charge is 0.380 e. The molecule has 0 saturated carbocycles. The minimum absolute atomic E-state index is 0.000707. The molecule has 1 heterocycles. The Bertz CT molecular complexity index is 471. The molecule has 1 aliphatic heterocycles. The summed E-state index contributed by atoms with van der Waals surface area (Å²) >= 11 is 0. The average Bonchev–Trinajstić information content (AvgIpc) is 2.54. The fourth-order valence-corrected chi connectivity index (χ4v) is 2.75. The van der Waals surface area contributed by atoms with Crippen molar-refractivity contribution in [1.82, 2.24) is 5.32 Å². The lowest BCUT2D eigenvalue weighted by molar-refractivity contribution is -0.126. The summed E-state index contributed by atoms with van der Waals surface area (Å²) in [6.07, 6.45) is 1.84. The Morgan fingerprint density at radius 2 is 2.18 bits per heavy atom. The van der Waals surface area contributed by atoms with Gasteiger partial charge in [0.2, 0.25) is 5.91 Å². The van der Waals surface area contributed by atoms with Crippen molar-refractivity contribution in [1.29, 1.82) is 0 Å². The first kappa shape index (κ1) is 16.9. The smallest absolute Gasteiger partial charge is 0.222 e. The van der Waals surface area contributed by atoms with Gasteiger partial charge in [-0.05, 0) is 25.3 Å². The predicted molar refractivity (Wildman–Crippen MR) is 85.5 cm³/mol. The fraction of sp³-hybridized carbons (Fsp3) is 0.588. The molecule has 122 valence electrons. The molecule has 0 bridgehead atoms. The molecule has 1 saturated heterocycles. The van der Waals surface area contributed by atoms with Crippen LogP contribution in [0.3, 0.4) is 0 Å². The van der Waals surface area contributed by atoms with Gasteiger partial charge in [0.25, 0.3) is 0 Å². The van der Waals surface area contributed by atoms with Crippen molar-refractivity contribution in [3.05, 3.63) is 35.4 Å². The highest BCUT2D eigenvalue weighted by Gasteiger charge is 2.29. The molecule has 22 heavy (non-hydrogen) atoms. The predicted octanol–water partition coefficient (Wildman–Crippen LogP) is 1.70. The van der Waals surface area contributed by atoms with E-state index in [2.05, 4.69) is 36.5 Å². The number of aryl methyl sites for hydroxylation is 1. The van der Waals surface area contributed by atoms with Crippen LogP contribution in [0.15, 0.2) is 24.3 Å². The van der Waals surface area contributed by atoms with Gasteiger partial charge in [-0.15, -0.1) is 0 Å². The highest BCUT2D eigenvalue weighted by atomic mass is 16.5. The summed E-state index contributed by atoms with van der Waals surface area (Å²) in [5.41, 5.74) is 7.89. The third kappa shape index (κ3) is 4.53. The van der Waals surface area contributed by atoms with Gasteiger partial charge in [-0.25, -0.2) is 0 Å². The van der Waals surface area contributed by atoms with Gasteiger partial charge in [-0.1, -0.05) is 29.8 Å². The van der Waals surface area contributed by atoms with Crippen LogP contribution in [0.1, 0.15) is 36.5 Å². The lowest BCUT2D eigenvalue weighted by Crippen LogP contribution is -2.44. The van der Waals surface area contributed by atoms with Gasteiger partial charge in [0.05, 0.1) is 18.6 Å². The number of nitrogens with two attached hydrogens (primary N) is 1. The molecule has 5 heteroatoms. The van der Waals surface area contributed by atoms with Crippen molar-refractivity contribution < 1.29 is 14.3 Å². The summed E-state index contributed by atoms with van der Waals surface area (Å²) in [5, 5.41) is 3.08. The second-order valence-corrected chi connectivity index (χ2v) is 5.82. The van der Waals surface area contributed by atoms with Gasteiger partial charge in [0, 0.05) is 20.3 Å². The maximum Gasteiger partial charge on any atom is 0.222 e. The van der Waals surface area contributed by atoms with Gasteiger partial charge in [-0.3, -0.25) is 4.79 Å². The van der Waals surface area contributed by atoms with E-state index in [1.165, 1.54) is 5.56 Å². The number of methoxy groups -OCH3 is 1. The van der Waals surface area contributed by atoms with Crippen LogP contribution in [0.5, 0.6) is 0 Å². The van der Waals surface area contributed by atoms with Crippen LogP contribution in [-0.2, 0) is 14.3 Å². The Kier molecular flexibility index (Phi) is 6.36. The third-order valence-corrected chi connectivity index (χ3v) is 4.08. The van der Waals surface area contributed by atoms with E-state index in [0.29, 0.717) is 6.54 Å². The molecule has 1 aromatic carbocycles. The van der Waals surface area contributed by atoms with E-state index >= 15 is 0 Å². The molecule has 1 aliphatic rings. The second kappa shape index (κ2) is 8.27. The molecule has 3 N–H and O–H groups in total. The van der Waals surface area contributed by atoms with Crippen LogP contribution >= 0.6 is 0 Å². The van der Waals surface area contributed by atoms with Crippen molar-refractivity contribution in [3.8, 4) is 0 Å². The zero-order valence-electron chi connectivity index (χ0n) is 13.4. The van der Waals surface area contributed by atoms with Crippen molar-refractivity contribution in [2.45, 2.75) is 44.4 Å². The van der Waals surface area contributed by atoms with Crippen LogP contribution in [0, 0.1) is 6.92 Å². The summed E-state index contributed by atoms with van der Waals surface area (Å²) < 4.78 is 11.1. The number of benzene rings is 1. The number of hydrogen-bond donors (Lipinski definition) is 2. The summed E-state index contributed by atoms with van der Waals surface area (Å²) in [4.78, 5) is 12.2. The van der Waals surface area contributed by atoms with Gasteiger partial charge >= 0.3 is 0 Å². The first-order valence-corrected chi connectivity index (χ1v) is 7.84. The number of nitrogens with one attached hydrogen (secondary N) is 1. The first-order chi connectivity index (χ1) is 10.6. The number of ether oxygens (including phenoxy) is 2. The molecular weight excluding hydrogens is 280 g/mol. The topological polar surface area (TPSA) is 73.6 Å². The molecule has 0 radical (unpaired) electrons. The summed E-state index contributed by atoms with van der Waals surface area (Å²) in [5.74, 6) is -0.0371. The zero-order valence-corrected chi connectivity index (χ0v) is 13.4. The molecule has 0 aliphatic carbocycles. The minimum atomic E-state index is -0.234. The van der Waals surface area contributed by atoms with E-state index in [1.807, 2.05) is 0 Å². The van der Waals surface area contributed by atoms with Crippen LogP contribution in [0.2, 0.25) is 0 Å². The lowest BCUT2D eigenvalue weighted by Gasteiger charge is -2.33. The normalized spacial score (nSPS) is 23.0. The van der Waals surface area contributed by atoms with E-state index in [-0.39, 0.29) is 30.6 Å². The number of rotatable bonds is 6. The quantitative estimate of drug-likeness (QED) is 0.839. The Morgan fingerprint density at radius 3 is 2.82 bits per heavy atom. The van der Waals surface area contributed by atoms with E-state index in [1.54, 1.807) is 7.11 Å². The molecule has 3 atom stereocenters. The van der Waals surface area contributed by atoms with E-state index < -0.39 is 0 Å². The minimum Gasteiger partial charge on any atom is -0.380 e. The molecule has 2 rings (SSSR count). The molecular formula is C17H26N2O3. The van der Waals surface area contributed by atoms with E-state index in [9.17, 15) is 4.79 Å². The van der Waals surface area contributed by atoms with Crippen LogP contribution in [-0.4, -0.2) is 38.3 Å². The number of carbonyl (C=O) groups is 1. The second-order valence-electron chi connectivity index (χ2n) is 5.82. The maximum absolute atomic E-state index is 12.2. The molecule has 0 unspecified atom stereocenters. The SMILES string of the molecule is CO[C@H](CN)CC(=O)N[C@H]1CCCO[C@@H]1c1ccc(C)cc1. The van der Waals surface area contributed by atoms with Crippen molar-refractivity contribution in [2.24, 2.45) is 5.73 Å². The summed E-state index contributed by atoms with van der Waals surface area (Å²) in [6.45, 7) is 3.13. The molecule has 1 amide bonds. The summed E-state index contributed by atoms with van der Waals surface area (Å²) in [6, 6.07) is 8.28. The number of amides is 1. The van der Waals surface area contributed by atoms with Crippen molar-refractivity contribution in [2.75, 3.05) is 20.3 Å².